The Balaban J connectivity index is 0.000000264. The largest absolute Gasteiger partial charge is 0.305 e. The van der Waals surface area contributed by atoms with Crippen LogP contribution in [0.1, 0.15) is 48.1 Å². The summed E-state index contributed by atoms with van der Waals surface area (Å²) in [6.07, 6.45) is 10.9. The maximum Gasteiger partial charge on any atom is 0.137 e. The first-order chi connectivity index (χ1) is 50.8. The summed E-state index contributed by atoms with van der Waals surface area (Å²) in [6.45, 7) is 13.2. The van der Waals surface area contributed by atoms with Crippen molar-refractivity contribution in [1.82, 2.24) is 34.9 Å². The number of rotatable bonds is 9. The number of pyridine rings is 7. The molecule has 557 valence electrons. The molecular formula is C95H78Ir5N7O2-7. The van der Waals surface area contributed by atoms with Gasteiger partial charge in [-0.15, -0.1) is 250 Å². The predicted octanol–water partition coefficient (Wildman–Crippen LogP) is 22.2. The Hall–Kier alpha value is -9.86. The minimum Gasteiger partial charge on any atom is -0.305 e. The number of aryl methyl sites for hydroxylation is 5. The fourth-order valence-corrected chi connectivity index (χ4v) is 10.3. The number of hydrogen-bond acceptors (Lipinski definition) is 9. The summed E-state index contributed by atoms with van der Waals surface area (Å²) < 4.78 is 0. The molecule has 0 aliphatic heterocycles. The third-order valence-electron chi connectivity index (χ3n) is 15.4. The van der Waals surface area contributed by atoms with Crippen molar-refractivity contribution >= 4 is 33.2 Å². The molecule has 0 N–H and O–H groups in total. The van der Waals surface area contributed by atoms with E-state index in [-0.39, 0.29) is 119 Å². The summed E-state index contributed by atoms with van der Waals surface area (Å²) in [7, 11) is 0. The standard InChI is InChI=1S/C17H14N.C15H10N.3C12H10N.2C11H8N.C5H8O2.5Ir/c1-12-7-3-4-8-14(12)17-11-13(2)15-9-5-6-10-16(15)18-17;1-2-7-13(8-3-1)15-14-9-5-4-6-12(14)10-11-16-15;1-10-5-4-6-11(9-10)12-7-2-3-8-13-12;1-10-5-7-11(8-6-10)12-4-2-3-9-13-12;1-10-7-8-13-12(9-10)11-5-3-2-4-6-11;2*1-2-6-10(7-3-1)11-8-4-5-9-12-11;1-4(6)3-5(2)7;;;;;/h3-7,9-11H,1-2H3;1-7,9-11H;2-5,7-9H,1H3;2-7,9H,1H3;2-5,7-9H,1H3;2*1-6,8-9H;3H2,1-2H3;;;;;/q7*-1;;;;;;. The zero-order valence-electron chi connectivity index (χ0n) is 61.1. The number of carbonyl (C=O) groups is 2. The Morgan fingerprint density at radius 2 is 0.725 bits per heavy atom. The van der Waals surface area contributed by atoms with E-state index in [1.807, 2.05) is 249 Å². The molecule has 9 aromatic carbocycles. The molecule has 7 heterocycles. The average Bonchev–Trinajstić information content (AvgIpc) is 0.802. The van der Waals surface area contributed by atoms with Crippen LogP contribution in [0.3, 0.4) is 0 Å². The molecule has 0 aliphatic rings. The summed E-state index contributed by atoms with van der Waals surface area (Å²) in [5.74, 6) is -0.125. The van der Waals surface area contributed by atoms with E-state index in [1.165, 1.54) is 57.8 Å². The molecule has 109 heavy (non-hydrogen) atoms. The van der Waals surface area contributed by atoms with Gasteiger partial charge in [-0.2, -0.15) is 0 Å². The van der Waals surface area contributed by atoms with Crippen molar-refractivity contribution in [3.8, 4) is 78.8 Å². The first-order valence-corrected chi connectivity index (χ1v) is 33.9. The summed E-state index contributed by atoms with van der Waals surface area (Å²) in [6, 6.07) is 120. The Bertz CT molecular complexity index is 4970. The van der Waals surface area contributed by atoms with Crippen LogP contribution in [0, 0.1) is 77.1 Å². The molecule has 0 unspecified atom stereocenters. The van der Waals surface area contributed by atoms with E-state index in [1.54, 1.807) is 24.8 Å². The summed E-state index contributed by atoms with van der Waals surface area (Å²) >= 11 is 0. The van der Waals surface area contributed by atoms with E-state index in [9.17, 15) is 9.59 Å². The van der Waals surface area contributed by atoms with Gasteiger partial charge in [-0.25, -0.2) is 0 Å². The van der Waals surface area contributed by atoms with Gasteiger partial charge in [0.05, 0.1) is 11.9 Å². The van der Waals surface area contributed by atoms with Crippen LogP contribution in [-0.4, -0.2) is 46.5 Å². The van der Waals surface area contributed by atoms with Gasteiger partial charge in [0.2, 0.25) is 0 Å². The molecule has 0 atom stereocenters. The zero-order valence-corrected chi connectivity index (χ0v) is 73.1. The molecule has 14 heteroatoms. The van der Waals surface area contributed by atoms with Crippen LogP contribution in [0.4, 0.5) is 0 Å². The van der Waals surface area contributed by atoms with Gasteiger partial charge in [-0.1, -0.05) is 129 Å². The molecule has 16 aromatic rings. The van der Waals surface area contributed by atoms with E-state index in [4.69, 9.17) is 4.98 Å². The maximum absolute atomic E-state index is 10.0. The smallest absolute Gasteiger partial charge is 0.137 e. The molecule has 0 bridgehead atoms. The molecule has 7 aromatic heterocycles. The van der Waals surface area contributed by atoms with E-state index in [0.29, 0.717) is 0 Å². The molecule has 16 rings (SSSR count). The van der Waals surface area contributed by atoms with E-state index >= 15 is 0 Å². The summed E-state index contributed by atoms with van der Waals surface area (Å²) in [4.78, 5) is 50.5. The van der Waals surface area contributed by atoms with Gasteiger partial charge >= 0.3 is 0 Å². The Kier molecular flexibility index (Phi) is 42.6. The second-order valence-corrected chi connectivity index (χ2v) is 23.8. The molecule has 0 aliphatic carbocycles. The first kappa shape index (κ1) is 91.5. The second-order valence-electron chi connectivity index (χ2n) is 23.8. The van der Waals surface area contributed by atoms with Gasteiger partial charge in [0.1, 0.15) is 11.6 Å². The van der Waals surface area contributed by atoms with Crippen LogP contribution in [0.5, 0.6) is 0 Å². The fraction of sp³-hybridized carbons (Fsp3) is 0.0842. The number of aromatic nitrogens is 7. The molecule has 0 saturated carbocycles. The molecule has 0 amide bonds. The Labute approximate surface area is 709 Å². The number of nitrogens with zero attached hydrogens (tertiary/aromatic N) is 7. The summed E-state index contributed by atoms with van der Waals surface area (Å²) in [5, 5.41) is 3.60. The monoisotopic (exact) mass is 2310 g/mol. The molecule has 9 nitrogen and oxygen atoms in total. The molecule has 0 spiro atoms. The van der Waals surface area contributed by atoms with Gasteiger partial charge in [0, 0.05) is 143 Å². The second kappa shape index (κ2) is 50.7. The van der Waals surface area contributed by atoms with Crippen LogP contribution in [-0.2, 0) is 110 Å². The van der Waals surface area contributed by atoms with Crippen molar-refractivity contribution in [3.05, 3.63) is 405 Å². The van der Waals surface area contributed by atoms with Gasteiger partial charge in [0.25, 0.3) is 0 Å². The Morgan fingerprint density at radius 3 is 1.18 bits per heavy atom. The fourth-order valence-electron chi connectivity index (χ4n) is 10.3. The van der Waals surface area contributed by atoms with Crippen LogP contribution in [0.15, 0.2) is 334 Å². The topological polar surface area (TPSA) is 124 Å². The van der Waals surface area contributed by atoms with Gasteiger partial charge in [-0.05, 0) is 126 Å². The number of Topliss-reactive ketones (excluding diaryl/α,β-unsaturated/α-hetero) is 2. The van der Waals surface area contributed by atoms with Crippen molar-refractivity contribution in [1.29, 1.82) is 0 Å². The number of hydrogen-bond donors (Lipinski definition) is 0. The Morgan fingerprint density at radius 1 is 0.294 bits per heavy atom. The van der Waals surface area contributed by atoms with E-state index in [0.717, 1.165) is 84.3 Å². The maximum atomic E-state index is 10.0. The third kappa shape index (κ3) is 31.0. The third-order valence-corrected chi connectivity index (χ3v) is 15.4. The van der Waals surface area contributed by atoms with Crippen LogP contribution < -0.4 is 0 Å². The number of ketones is 2. The van der Waals surface area contributed by atoms with Crippen molar-refractivity contribution in [2.75, 3.05) is 0 Å². The number of benzene rings is 9. The van der Waals surface area contributed by atoms with Crippen molar-refractivity contribution < 1.29 is 110 Å². The van der Waals surface area contributed by atoms with Crippen LogP contribution in [0.25, 0.3) is 100 Å². The summed E-state index contributed by atoms with van der Waals surface area (Å²) in [5.41, 5.74) is 21.4. The molecule has 5 radical (unpaired) electrons. The average molecular weight is 2310 g/mol. The van der Waals surface area contributed by atoms with Crippen molar-refractivity contribution in [3.63, 3.8) is 0 Å². The van der Waals surface area contributed by atoms with Crippen molar-refractivity contribution in [2.24, 2.45) is 0 Å². The first-order valence-electron chi connectivity index (χ1n) is 33.9. The number of fused-ring (bicyclic) bond motifs is 2. The minimum absolute atomic E-state index is 0. The van der Waals surface area contributed by atoms with E-state index < -0.39 is 0 Å². The SMILES string of the molecule is CC(=O)CC(C)=O.Cc1c[c-]c(-c2ccccn2)cc1.Cc1cc[c-]c(-c2ccccn2)c1.Cc1ccc[c-]c1-c1cc(C)c2ccccc2n1.Cc1ccnc(-c2[c-]cccc2)c1.[Ir].[Ir].[Ir].[Ir].[Ir].[c-]1ccccc1-c1ccccn1.[c-]1ccccc1-c1ccccn1.[c-]1ccccc1-c1nccc2ccccc12. The molecule has 0 saturated heterocycles. The van der Waals surface area contributed by atoms with E-state index in [2.05, 4.69) is 168 Å². The quantitative estimate of drug-likeness (QED) is 0.103. The number of carbonyl (C=O) groups excluding carboxylic acids is 2. The van der Waals surface area contributed by atoms with Gasteiger partial charge in [0.15, 0.2) is 0 Å². The zero-order chi connectivity index (χ0) is 72.9. The van der Waals surface area contributed by atoms with Crippen molar-refractivity contribution in [2.45, 2.75) is 54.9 Å². The van der Waals surface area contributed by atoms with Gasteiger partial charge in [-0.3, -0.25) is 14.6 Å². The molecule has 0 fully saturated rings. The van der Waals surface area contributed by atoms with Crippen LogP contribution in [0.2, 0.25) is 0 Å². The predicted molar refractivity (Wildman–Crippen MR) is 424 cm³/mol. The van der Waals surface area contributed by atoms with Crippen LogP contribution >= 0.6 is 0 Å². The number of para-hydroxylation sites is 1. The van der Waals surface area contributed by atoms with Gasteiger partial charge < -0.3 is 29.9 Å². The normalized spacial score (nSPS) is 9.53. The minimum atomic E-state index is -0.0625. The molecular weight excluding hydrogens is 2230 g/mol.